The molecule has 0 saturated heterocycles. The molecule has 3 aromatic rings. The van der Waals surface area contributed by atoms with Gasteiger partial charge in [0, 0.05) is 36.5 Å². The average Bonchev–Trinajstić information content (AvgIpc) is 2.98. The van der Waals surface area contributed by atoms with E-state index in [9.17, 15) is 8.42 Å². The van der Waals surface area contributed by atoms with Crippen LogP contribution in [0.5, 0.6) is 5.88 Å². The van der Waals surface area contributed by atoms with Crippen molar-refractivity contribution in [3.63, 3.8) is 0 Å². The van der Waals surface area contributed by atoms with E-state index in [1.807, 2.05) is 36.4 Å². The molecule has 1 aliphatic rings. The topological polar surface area (TPSA) is 85.5 Å². The number of benzene rings is 1. The molecule has 134 valence electrons. The highest BCUT2D eigenvalue weighted by Crippen LogP contribution is 2.24. The zero-order valence-corrected chi connectivity index (χ0v) is 14.7. The van der Waals surface area contributed by atoms with E-state index in [0.29, 0.717) is 17.3 Å². The van der Waals surface area contributed by atoms with Crippen molar-refractivity contribution >= 4 is 10.0 Å². The lowest BCUT2D eigenvalue weighted by Gasteiger charge is -2.18. The molecule has 0 spiro atoms. The summed E-state index contributed by atoms with van der Waals surface area (Å²) in [6, 6.07) is 14.7. The fourth-order valence-corrected chi connectivity index (χ4v) is 4.19. The standard InChI is InChI=1S/C18H17N3O4S/c22-26(23,21-9-10-24-18-15(12-21)7-4-8-19-18)13-16-11-17(20-25-16)14-5-2-1-3-6-14/h1-8,11H,9-10,12-13H2. The van der Waals surface area contributed by atoms with Crippen molar-refractivity contribution in [3.05, 3.63) is 66.1 Å². The summed E-state index contributed by atoms with van der Waals surface area (Å²) in [5.41, 5.74) is 2.24. The van der Waals surface area contributed by atoms with Crippen molar-refractivity contribution in [2.45, 2.75) is 12.3 Å². The Balaban J connectivity index is 1.53. The molecule has 0 radical (unpaired) electrons. The summed E-state index contributed by atoms with van der Waals surface area (Å²) >= 11 is 0. The second-order valence-electron chi connectivity index (χ2n) is 5.95. The first kappa shape index (κ1) is 16.7. The van der Waals surface area contributed by atoms with Crippen LogP contribution in [0.2, 0.25) is 0 Å². The molecule has 0 aliphatic carbocycles. The molecule has 0 bridgehead atoms. The Morgan fingerprint density at radius 2 is 1.96 bits per heavy atom. The highest BCUT2D eigenvalue weighted by molar-refractivity contribution is 7.88. The summed E-state index contributed by atoms with van der Waals surface area (Å²) in [4.78, 5) is 4.14. The Labute approximate surface area is 151 Å². The summed E-state index contributed by atoms with van der Waals surface area (Å²) in [7, 11) is -3.58. The smallest absolute Gasteiger partial charge is 0.221 e. The van der Waals surface area contributed by atoms with Gasteiger partial charge in [-0.25, -0.2) is 13.4 Å². The van der Waals surface area contributed by atoms with Crippen LogP contribution in [0.1, 0.15) is 11.3 Å². The van der Waals surface area contributed by atoms with Crippen molar-refractivity contribution < 1.29 is 17.7 Å². The molecule has 26 heavy (non-hydrogen) atoms. The quantitative estimate of drug-likeness (QED) is 0.700. The zero-order chi connectivity index (χ0) is 18.0. The van der Waals surface area contributed by atoms with Gasteiger partial charge in [-0.15, -0.1) is 0 Å². The van der Waals surface area contributed by atoms with Gasteiger partial charge < -0.3 is 9.26 Å². The largest absolute Gasteiger partial charge is 0.476 e. The Hall–Kier alpha value is -2.71. The van der Waals surface area contributed by atoms with Crippen LogP contribution in [-0.4, -0.2) is 36.0 Å². The lowest BCUT2D eigenvalue weighted by atomic mass is 10.1. The molecule has 7 nitrogen and oxygen atoms in total. The van der Waals surface area contributed by atoms with E-state index in [1.54, 1.807) is 18.3 Å². The van der Waals surface area contributed by atoms with E-state index in [2.05, 4.69) is 10.1 Å². The monoisotopic (exact) mass is 371 g/mol. The fraction of sp³-hybridized carbons (Fsp3) is 0.222. The second-order valence-corrected chi connectivity index (χ2v) is 7.92. The summed E-state index contributed by atoms with van der Waals surface area (Å²) in [6.07, 6.45) is 1.63. The maximum absolute atomic E-state index is 12.8. The number of hydrogen-bond donors (Lipinski definition) is 0. The van der Waals surface area contributed by atoms with Gasteiger partial charge in [-0.05, 0) is 6.07 Å². The highest BCUT2D eigenvalue weighted by Gasteiger charge is 2.28. The highest BCUT2D eigenvalue weighted by atomic mass is 32.2. The van der Waals surface area contributed by atoms with Crippen molar-refractivity contribution in [1.82, 2.24) is 14.4 Å². The van der Waals surface area contributed by atoms with Crippen LogP contribution >= 0.6 is 0 Å². The minimum absolute atomic E-state index is 0.227. The number of pyridine rings is 1. The van der Waals surface area contributed by atoms with Gasteiger partial charge in [0.2, 0.25) is 15.9 Å². The van der Waals surface area contributed by atoms with Gasteiger partial charge in [-0.2, -0.15) is 4.31 Å². The molecule has 0 amide bonds. The molecule has 0 N–H and O–H groups in total. The van der Waals surface area contributed by atoms with E-state index < -0.39 is 10.0 Å². The van der Waals surface area contributed by atoms with E-state index in [1.165, 1.54) is 4.31 Å². The molecule has 0 unspecified atom stereocenters. The third kappa shape index (κ3) is 3.47. The van der Waals surface area contributed by atoms with Crippen LogP contribution in [0.4, 0.5) is 0 Å². The number of hydrogen-bond acceptors (Lipinski definition) is 6. The Kier molecular flexibility index (Phi) is 4.44. The first-order valence-electron chi connectivity index (χ1n) is 8.17. The maximum atomic E-state index is 12.8. The molecule has 0 atom stereocenters. The lowest BCUT2D eigenvalue weighted by Crippen LogP contribution is -2.33. The van der Waals surface area contributed by atoms with Gasteiger partial charge in [0.15, 0.2) is 5.76 Å². The predicted molar refractivity (Wildman–Crippen MR) is 94.7 cm³/mol. The molecule has 1 aromatic carbocycles. The number of nitrogens with zero attached hydrogens (tertiary/aromatic N) is 3. The first-order valence-corrected chi connectivity index (χ1v) is 9.78. The van der Waals surface area contributed by atoms with Crippen LogP contribution < -0.4 is 4.74 Å². The third-order valence-electron chi connectivity index (χ3n) is 4.12. The Morgan fingerprint density at radius 3 is 2.81 bits per heavy atom. The predicted octanol–water partition coefficient (Wildman–Crippen LogP) is 2.46. The van der Waals surface area contributed by atoms with Crippen LogP contribution in [0.25, 0.3) is 11.3 Å². The van der Waals surface area contributed by atoms with Gasteiger partial charge in [0.25, 0.3) is 0 Å². The SMILES string of the molecule is O=S(=O)(Cc1cc(-c2ccccc2)no1)N1CCOc2ncccc2C1. The molecule has 4 rings (SSSR count). The van der Waals surface area contributed by atoms with E-state index >= 15 is 0 Å². The van der Waals surface area contributed by atoms with Gasteiger partial charge in [-0.1, -0.05) is 41.6 Å². The minimum atomic E-state index is -3.58. The van der Waals surface area contributed by atoms with Crippen LogP contribution in [0, 0.1) is 0 Å². The molecule has 3 heterocycles. The van der Waals surface area contributed by atoms with Gasteiger partial charge in [-0.3, -0.25) is 0 Å². The number of ether oxygens (including phenoxy) is 1. The average molecular weight is 371 g/mol. The second kappa shape index (κ2) is 6.89. The van der Waals surface area contributed by atoms with Gasteiger partial charge in [0.05, 0.1) is 0 Å². The van der Waals surface area contributed by atoms with Crippen LogP contribution in [-0.2, 0) is 22.3 Å². The van der Waals surface area contributed by atoms with E-state index in [-0.39, 0.29) is 25.4 Å². The molecular weight excluding hydrogens is 354 g/mol. The normalized spacial score (nSPS) is 15.1. The molecule has 2 aromatic heterocycles. The number of aromatic nitrogens is 2. The Bertz CT molecular complexity index is 1000. The summed E-state index contributed by atoms with van der Waals surface area (Å²) in [5.74, 6) is 0.541. The molecule has 0 fully saturated rings. The third-order valence-corrected chi connectivity index (χ3v) is 5.87. The molecule has 0 saturated carbocycles. The summed E-state index contributed by atoms with van der Waals surface area (Å²) in [6.45, 7) is 0.748. The summed E-state index contributed by atoms with van der Waals surface area (Å²) < 4.78 is 37.8. The number of fused-ring (bicyclic) bond motifs is 1. The zero-order valence-electron chi connectivity index (χ0n) is 13.9. The maximum Gasteiger partial charge on any atom is 0.221 e. The first-order chi connectivity index (χ1) is 12.6. The van der Waals surface area contributed by atoms with E-state index in [0.717, 1.165) is 11.1 Å². The molecule has 8 heteroatoms. The van der Waals surface area contributed by atoms with Gasteiger partial charge in [0.1, 0.15) is 18.1 Å². The minimum Gasteiger partial charge on any atom is -0.476 e. The van der Waals surface area contributed by atoms with Crippen molar-refractivity contribution in [2.75, 3.05) is 13.2 Å². The van der Waals surface area contributed by atoms with E-state index in [4.69, 9.17) is 9.26 Å². The van der Waals surface area contributed by atoms with Crippen molar-refractivity contribution in [1.29, 1.82) is 0 Å². The van der Waals surface area contributed by atoms with Crippen molar-refractivity contribution in [3.8, 4) is 17.1 Å². The number of sulfonamides is 1. The summed E-state index contributed by atoms with van der Waals surface area (Å²) in [5, 5.41) is 3.98. The Morgan fingerprint density at radius 1 is 1.12 bits per heavy atom. The molecule has 1 aliphatic heterocycles. The lowest BCUT2D eigenvalue weighted by molar-refractivity contribution is 0.284. The fourth-order valence-electron chi connectivity index (χ4n) is 2.82. The molecular formula is C18H17N3O4S. The number of rotatable bonds is 4. The van der Waals surface area contributed by atoms with Crippen LogP contribution in [0.15, 0.2) is 59.3 Å². The van der Waals surface area contributed by atoms with Gasteiger partial charge >= 0.3 is 0 Å². The van der Waals surface area contributed by atoms with Crippen molar-refractivity contribution in [2.24, 2.45) is 0 Å². The van der Waals surface area contributed by atoms with Crippen LogP contribution in [0.3, 0.4) is 0 Å².